The van der Waals surface area contributed by atoms with Crippen molar-refractivity contribution in [3.8, 4) is 11.8 Å². The first-order valence-corrected chi connectivity index (χ1v) is 4.95. The zero-order chi connectivity index (χ0) is 14.6. The number of ether oxygens (including phenoxy) is 2. The number of carbonyl (C=O) groups is 1. The highest BCUT2D eigenvalue weighted by Crippen LogP contribution is 2.29. The molecule has 0 aliphatic carbocycles. The first kappa shape index (κ1) is 14.8. The molecule has 102 valence electrons. The second kappa shape index (κ2) is 5.56. The van der Waals surface area contributed by atoms with Crippen LogP contribution < -0.4 is 4.74 Å². The average molecular weight is 277 g/mol. The minimum absolute atomic E-state index is 0.0737. The Bertz CT molecular complexity index is 534. The molecular formula is C11H7F4NO3. The highest BCUT2D eigenvalue weighted by molar-refractivity contribution is 5.93. The lowest BCUT2D eigenvalue weighted by Gasteiger charge is -2.12. The van der Waals surface area contributed by atoms with Crippen molar-refractivity contribution in [1.82, 2.24) is 0 Å². The Balaban J connectivity index is 3.34. The van der Waals surface area contributed by atoms with E-state index < -0.39 is 35.0 Å². The van der Waals surface area contributed by atoms with Crippen molar-refractivity contribution in [2.24, 2.45) is 0 Å². The molecule has 0 fully saturated rings. The van der Waals surface area contributed by atoms with Gasteiger partial charge in [0.2, 0.25) is 0 Å². The molecule has 1 aromatic carbocycles. The maximum Gasteiger partial charge on any atom is 0.573 e. The molecule has 0 aliphatic rings. The number of halogens is 4. The van der Waals surface area contributed by atoms with E-state index >= 15 is 0 Å². The van der Waals surface area contributed by atoms with Gasteiger partial charge in [-0.05, 0) is 13.0 Å². The number of benzene rings is 1. The molecule has 1 aromatic rings. The van der Waals surface area contributed by atoms with Gasteiger partial charge in [0, 0.05) is 6.07 Å². The summed E-state index contributed by atoms with van der Waals surface area (Å²) in [7, 11) is 0. The molecule has 0 amide bonds. The fourth-order valence-electron chi connectivity index (χ4n) is 1.27. The summed E-state index contributed by atoms with van der Waals surface area (Å²) < 4.78 is 57.5. The zero-order valence-electron chi connectivity index (χ0n) is 9.55. The van der Waals surface area contributed by atoms with Crippen LogP contribution in [0.5, 0.6) is 5.75 Å². The summed E-state index contributed by atoms with van der Waals surface area (Å²) in [6.07, 6.45) is -5.11. The molecule has 1 rings (SSSR count). The number of carbonyl (C=O) groups excluding carboxylic acids is 1. The molecule has 0 spiro atoms. The molecule has 8 heteroatoms. The van der Waals surface area contributed by atoms with Crippen LogP contribution in [-0.4, -0.2) is 18.9 Å². The molecule has 0 N–H and O–H groups in total. The quantitative estimate of drug-likeness (QED) is 0.629. The molecule has 0 saturated carbocycles. The minimum atomic E-state index is -5.11. The van der Waals surface area contributed by atoms with Crippen molar-refractivity contribution in [1.29, 1.82) is 5.26 Å². The van der Waals surface area contributed by atoms with Gasteiger partial charge >= 0.3 is 12.3 Å². The van der Waals surface area contributed by atoms with Gasteiger partial charge in [-0.1, -0.05) is 0 Å². The summed E-state index contributed by atoms with van der Waals surface area (Å²) in [5.41, 5.74) is -1.36. The predicted octanol–water partition coefficient (Wildman–Crippen LogP) is 2.77. The SMILES string of the molecule is CCOC(=O)c1cc(F)cc(OC(F)(F)F)c1C#N. The van der Waals surface area contributed by atoms with Gasteiger partial charge in [0.25, 0.3) is 0 Å². The third-order valence-electron chi connectivity index (χ3n) is 1.90. The number of hydrogen-bond acceptors (Lipinski definition) is 4. The van der Waals surface area contributed by atoms with Crippen LogP contribution in [-0.2, 0) is 4.74 Å². The third-order valence-corrected chi connectivity index (χ3v) is 1.90. The average Bonchev–Trinajstić information content (AvgIpc) is 2.26. The largest absolute Gasteiger partial charge is 0.573 e. The minimum Gasteiger partial charge on any atom is -0.462 e. The van der Waals surface area contributed by atoms with Crippen molar-refractivity contribution in [3.05, 3.63) is 29.1 Å². The number of nitriles is 1. The molecule has 19 heavy (non-hydrogen) atoms. The Morgan fingerprint density at radius 1 is 1.42 bits per heavy atom. The molecule has 0 unspecified atom stereocenters. The summed E-state index contributed by atoms with van der Waals surface area (Å²) in [5, 5.41) is 8.78. The molecule has 0 bridgehead atoms. The fraction of sp³-hybridized carbons (Fsp3) is 0.273. The Morgan fingerprint density at radius 2 is 2.05 bits per heavy atom. The first-order valence-electron chi connectivity index (χ1n) is 4.95. The van der Waals surface area contributed by atoms with Crippen LogP contribution in [0.1, 0.15) is 22.8 Å². The van der Waals surface area contributed by atoms with E-state index in [0.29, 0.717) is 12.1 Å². The van der Waals surface area contributed by atoms with Crippen LogP contribution >= 0.6 is 0 Å². The highest BCUT2D eigenvalue weighted by Gasteiger charge is 2.33. The van der Waals surface area contributed by atoms with Gasteiger partial charge in [0.15, 0.2) is 5.75 Å². The van der Waals surface area contributed by atoms with E-state index in [1.807, 2.05) is 0 Å². The van der Waals surface area contributed by atoms with E-state index in [9.17, 15) is 22.4 Å². The number of alkyl halides is 3. The van der Waals surface area contributed by atoms with Gasteiger partial charge in [0.05, 0.1) is 12.2 Å². The van der Waals surface area contributed by atoms with Gasteiger partial charge in [-0.3, -0.25) is 0 Å². The molecule has 0 atom stereocenters. The van der Waals surface area contributed by atoms with Crippen molar-refractivity contribution < 1.29 is 31.8 Å². The second-order valence-corrected chi connectivity index (χ2v) is 3.21. The second-order valence-electron chi connectivity index (χ2n) is 3.21. The topological polar surface area (TPSA) is 59.3 Å². The van der Waals surface area contributed by atoms with Gasteiger partial charge in [-0.15, -0.1) is 13.2 Å². The van der Waals surface area contributed by atoms with E-state index in [1.165, 1.54) is 13.0 Å². The summed E-state index contributed by atoms with van der Waals surface area (Å²) in [6.45, 7) is 1.38. The molecule has 0 radical (unpaired) electrons. The normalized spacial score (nSPS) is 10.7. The highest BCUT2D eigenvalue weighted by atomic mass is 19.4. The van der Waals surface area contributed by atoms with Crippen LogP contribution in [0.25, 0.3) is 0 Å². The van der Waals surface area contributed by atoms with Crippen LogP contribution in [0.2, 0.25) is 0 Å². The Kier molecular flexibility index (Phi) is 4.32. The first-order chi connectivity index (χ1) is 8.78. The monoisotopic (exact) mass is 277 g/mol. The number of nitrogens with zero attached hydrogens (tertiary/aromatic N) is 1. The van der Waals surface area contributed by atoms with Crippen LogP contribution in [0, 0.1) is 17.1 Å². The van der Waals surface area contributed by atoms with Crippen LogP contribution in [0.4, 0.5) is 17.6 Å². The van der Waals surface area contributed by atoms with Crippen molar-refractivity contribution in [3.63, 3.8) is 0 Å². The summed E-state index contributed by atoms with van der Waals surface area (Å²) in [4.78, 5) is 11.4. The lowest BCUT2D eigenvalue weighted by atomic mass is 10.1. The maximum atomic E-state index is 13.2. The van der Waals surface area contributed by atoms with E-state index in [0.717, 1.165) is 0 Å². The molecule has 0 aliphatic heterocycles. The molecular weight excluding hydrogens is 270 g/mol. The van der Waals surface area contributed by atoms with E-state index in [1.54, 1.807) is 0 Å². The van der Waals surface area contributed by atoms with E-state index in [2.05, 4.69) is 9.47 Å². The van der Waals surface area contributed by atoms with Crippen LogP contribution in [0.3, 0.4) is 0 Å². The number of rotatable bonds is 3. The Hall–Kier alpha value is -2.30. The number of esters is 1. The molecule has 0 aromatic heterocycles. The zero-order valence-corrected chi connectivity index (χ0v) is 9.55. The van der Waals surface area contributed by atoms with Crippen LogP contribution in [0.15, 0.2) is 12.1 Å². The number of hydrogen-bond donors (Lipinski definition) is 0. The van der Waals surface area contributed by atoms with Gasteiger partial charge in [-0.25, -0.2) is 9.18 Å². The Morgan fingerprint density at radius 3 is 2.53 bits per heavy atom. The summed E-state index contributed by atoms with van der Waals surface area (Å²) >= 11 is 0. The van der Waals surface area contributed by atoms with Gasteiger partial charge in [-0.2, -0.15) is 5.26 Å². The van der Waals surface area contributed by atoms with Crippen molar-refractivity contribution in [2.75, 3.05) is 6.61 Å². The van der Waals surface area contributed by atoms with E-state index in [-0.39, 0.29) is 6.61 Å². The third kappa shape index (κ3) is 3.84. The van der Waals surface area contributed by atoms with E-state index in [4.69, 9.17) is 5.26 Å². The lowest BCUT2D eigenvalue weighted by molar-refractivity contribution is -0.274. The molecule has 0 saturated heterocycles. The van der Waals surface area contributed by atoms with Crippen molar-refractivity contribution >= 4 is 5.97 Å². The predicted molar refractivity (Wildman–Crippen MR) is 53.8 cm³/mol. The Labute approximate surface area is 105 Å². The fourth-order valence-corrected chi connectivity index (χ4v) is 1.27. The van der Waals surface area contributed by atoms with Gasteiger partial charge in [0.1, 0.15) is 17.4 Å². The lowest BCUT2D eigenvalue weighted by Crippen LogP contribution is -2.19. The smallest absolute Gasteiger partial charge is 0.462 e. The standard InChI is InChI=1S/C11H7F4NO3/c1-2-18-10(17)7-3-6(12)4-9(8(7)5-16)19-11(13,14)15/h3-4H,2H2,1H3. The maximum absolute atomic E-state index is 13.2. The summed E-state index contributed by atoms with van der Waals surface area (Å²) in [5.74, 6) is -3.34. The van der Waals surface area contributed by atoms with Gasteiger partial charge < -0.3 is 9.47 Å². The summed E-state index contributed by atoms with van der Waals surface area (Å²) in [6, 6.07) is 2.34. The molecule has 4 nitrogen and oxygen atoms in total. The van der Waals surface area contributed by atoms with Crippen molar-refractivity contribution in [2.45, 2.75) is 13.3 Å². The molecule has 0 heterocycles.